The van der Waals surface area contributed by atoms with Crippen LogP contribution in [0, 0.1) is 13.8 Å². The zero-order valence-electron chi connectivity index (χ0n) is 10.6. The summed E-state index contributed by atoms with van der Waals surface area (Å²) in [5, 5.41) is 2.33. The number of nitrogens with one attached hydrogen (secondary N) is 2. The summed E-state index contributed by atoms with van der Waals surface area (Å²) in [7, 11) is -2.35. The Labute approximate surface area is 107 Å². The third-order valence-electron chi connectivity index (χ3n) is 2.58. The summed E-state index contributed by atoms with van der Waals surface area (Å²) in [6.45, 7) is 3.07. The topological polar surface area (TPSA) is 101 Å². The van der Waals surface area contributed by atoms with Gasteiger partial charge >= 0.3 is 0 Å². The lowest BCUT2D eigenvalue weighted by Crippen LogP contribution is -2.35. The van der Waals surface area contributed by atoms with Crippen LogP contribution in [0.5, 0.6) is 0 Å². The molecule has 1 aromatic carbocycles. The molecule has 0 spiro atoms. The van der Waals surface area contributed by atoms with E-state index in [-0.39, 0.29) is 17.1 Å². The molecular weight excluding hydrogens is 254 g/mol. The van der Waals surface area contributed by atoms with Crippen LogP contribution in [-0.4, -0.2) is 27.9 Å². The average molecular weight is 271 g/mol. The molecule has 18 heavy (non-hydrogen) atoms. The summed E-state index contributed by atoms with van der Waals surface area (Å²) in [6.07, 6.45) is 0. The highest BCUT2D eigenvalue weighted by Crippen LogP contribution is 2.25. The molecular formula is C11H17N3O3S. The van der Waals surface area contributed by atoms with Crippen LogP contribution in [0.4, 0.5) is 5.69 Å². The molecule has 0 aromatic heterocycles. The maximum absolute atomic E-state index is 12.1. The van der Waals surface area contributed by atoms with Crippen molar-refractivity contribution in [3.05, 3.63) is 23.3 Å². The third kappa shape index (κ3) is 2.99. The lowest BCUT2D eigenvalue weighted by Gasteiger charge is -2.13. The molecule has 0 saturated carbocycles. The summed E-state index contributed by atoms with van der Waals surface area (Å²) >= 11 is 0. The number of carbonyl (C=O) groups is 1. The van der Waals surface area contributed by atoms with Gasteiger partial charge in [-0.3, -0.25) is 4.79 Å². The Balaban J connectivity index is 3.13. The minimum Gasteiger partial charge on any atom is -0.397 e. The van der Waals surface area contributed by atoms with E-state index in [9.17, 15) is 13.2 Å². The van der Waals surface area contributed by atoms with E-state index in [2.05, 4.69) is 10.0 Å². The lowest BCUT2D eigenvalue weighted by molar-refractivity contribution is -0.119. The number of aryl methyl sites for hydroxylation is 2. The van der Waals surface area contributed by atoms with Crippen molar-refractivity contribution in [2.45, 2.75) is 18.7 Å². The van der Waals surface area contributed by atoms with Gasteiger partial charge in [0, 0.05) is 7.05 Å². The van der Waals surface area contributed by atoms with Gasteiger partial charge in [0.25, 0.3) is 0 Å². The monoisotopic (exact) mass is 271 g/mol. The maximum Gasteiger partial charge on any atom is 0.243 e. The van der Waals surface area contributed by atoms with E-state index in [4.69, 9.17) is 5.73 Å². The first kappa shape index (κ1) is 14.5. The van der Waals surface area contributed by atoms with Gasteiger partial charge in [0.2, 0.25) is 15.9 Å². The number of anilines is 1. The van der Waals surface area contributed by atoms with Crippen molar-refractivity contribution in [1.82, 2.24) is 10.0 Å². The fraction of sp³-hybridized carbons (Fsp3) is 0.364. The van der Waals surface area contributed by atoms with Gasteiger partial charge in [0.15, 0.2) is 0 Å². The Morgan fingerprint density at radius 1 is 1.28 bits per heavy atom. The maximum atomic E-state index is 12.1. The van der Waals surface area contributed by atoms with E-state index in [1.54, 1.807) is 26.0 Å². The number of hydrogen-bond donors (Lipinski definition) is 3. The zero-order chi connectivity index (χ0) is 13.9. The fourth-order valence-corrected chi connectivity index (χ4v) is 2.89. The molecule has 1 amide bonds. The van der Waals surface area contributed by atoms with Crippen LogP contribution in [0.3, 0.4) is 0 Å². The van der Waals surface area contributed by atoms with Crippen LogP contribution in [0.1, 0.15) is 11.1 Å². The van der Waals surface area contributed by atoms with E-state index in [1.807, 2.05) is 0 Å². The number of benzene rings is 1. The van der Waals surface area contributed by atoms with Crippen molar-refractivity contribution in [3.63, 3.8) is 0 Å². The Hall–Kier alpha value is -1.60. The number of nitrogens with two attached hydrogens (primary N) is 1. The van der Waals surface area contributed by atoms with Crippen LogP contribution in [0.25, 0.3) is 0 Å². The van der Waals surface area contributed by atoms with Crippen LogP contribution in [0.2, 0.25) is 0 Å². The van der Waals surface area contributed by atoms with Crippen LogP contribution < -0.4 is 15.8 Å². The number of sulfonamides is 1. The normalized spacial score (nSPS) is 11.3. The van der Waals surface area contributed by atoms with E-state index in [0.29, 0.717) is 11.1 Å². The molecule has 0 aliphatic carbocycles. The first-order chi connectivity index (χ1) is 8.29. The highest BCUT2D eigenvalue weighted by molar-refractivity contribution is 7.89. The van der Waals surface area contributed by atoms with E-state index in [1.165, 1.54) is 7.05 Å². The number of rotatable bonds is 4. The molecule has 1 aromatic rings. The highest BCUT2D eigenvalue weighted by Gasteiger charge is 2.21. The first-order valence-corrected chi connectivity index (χ1v) is 6.84. The summed E-state index contributed by atoms with van der Waals surface area (Å²) < 4.78 is 26.4. The second kappa shape index (κ2) is 5.36. The molecule has 0 bridgehead atoms. The van der Waals surface area contributed by atoms with Gasteiger partial charge in [0.05, 0.1) is 12.2 Å². The predicted octanol–water partition coefficient (Wildman–Crippen LogP) is -0.0901. The molecule has 1 rings (SSSR count). The average Bonchev–Trinajstić information content (AvgIpc) is 2.31. The summed E-state index contributed by atoms with van der Waals surface area (Å²) in [5.74, 6) is -0.414. The second-order valence-electron chi connectivity index (χ2n) is 3.94. The van der Waals surface area contributed by atoms with Crippen LogP contribution in [0.15, 0.2) is 17.0 Å². The molecule has 4 N–H and O–H groups in total. The molecule has 0 saturated heterocycles. The van der Waals surface area contributed by atoms with Gasteiger partial charge < -0.3 is 11.1 Å². The number of hydrogen-bond acceptors (Lipinski definition) is 4. The van der Waals surface area contributed by atoms with E-state index < -0.39 is 15.9 Å². The number of amides is 1. The Morgan fingerprint density at radius 3 is 2.39 bits per heavy atom. The van der Waals surface area contributed by atoms with Crippen molar-refractivity contribution in [2.75, 3.05) is 19.3 Å². The van der Waals surface area contributed by atoms with Crippen LogP contribution >= 0.6 is 0 Å². The Bertz CT molecular complexity index is 567. The van der Waals surface area contributed by atoms with Crippen molar-refractivity contribution in [3.8, 4) is 0 Å². The van der Waals surface area contributed by atoms with E-state index >= 15 is 0 Å². The molecule has 0 atom stereocenters. The standard InChI is InChI=1S/C11H17N3O3S/c1-7-4-5-8(2)11(10(7)12)18(16,17)14-6-9(15)13-3/h4-5,14H,6,12H2,1-3H3,(H,13,15). The Kier molecular flexibility index (Phi) is 4.31. The summed E-state index contributed by atoms with van der Waals surface area (Å²) in [6, 6.07) is 3.43. The van der Waals surface area contributed by atoms with Gasteiger partial charge in [-0.25, -0.2) is 13.1 Å². The van der Waals surface area contributed by atoms with Gasteiger partial charge in [0.1, 0.15) is 4.90 Å². The van der Waals surface area contributed by atoms with Crippen molar-refractivity contribution >= 4 is 21.6 Å². The van der Waals surface area contributed by atoms with Gasteiger partial charge in [-0.15, -0.1) is 0 Å². The lowest BCUT2D eigenvalue weighted by atomic mass is 10.1. The third-order valence-corrected chi connectivity index (χ3v) is 4.18. The smallest absolute Gasteiger partial charge is 0.243 e. The summed E-state index contributed by atoms with van der Waals surface area (Å²) in [5.41, 5.74) is 7.22. The molecule has 0 fully saturated rings. The van der Waals surface area contributed by atoms with Crippen molar-refractivity contribution in [2.24, 2.45) is 0 Å². The number of likely N-dealkylation sites (N-methyl/N-ethyl adjacent to an activating group) is 1. The minimum absolute atomic E-state index is 0.0337. The largest absolute Gasteiger partial charge is 0.397 e. The number of nitrogen functional groups attached to an aromatic ring is 1. The molecule has 7 heteroatoms. The van der Waals surface area contributed by atoms with Crippen molar-refractivity contribution < 1.29 is 13.2 Å². The number of carbonyl (C=O) groups excluding carboxylic acids is 1. The fourth-order valence-electron chi connectivity index (χ4n) is 1.48. The molecule has 100 valence electrons. The van der Waals surface area contributed by atoms with Gasteiger partial charge in [-0.05, 0) is 25.0 Å². The molecule has 0 radical (unpaired) electrons. The first-order valence-electron chi connectivity index (χ1n) is 5.35. The molecule has 0 aliphatic heterocycles. The summed E-state index contributed by atoms with van der Waals surface area (Å²) in [4.78, 5) is 11.1. The Morgan fingerprint density at radius 2 is 1.83 bits per heavy atom. The highest BCUT2D eigenvalue weighted by atomic mass is 32.2. The SMILES string of the molecule is CNC(=O)CNS(=O)(=O)c1c(C)ccc(C)c1N. The molecule has 6 nitrogen and oxygen atoms in total. The quantitative estimate of drug-likeness (QED) is 0.666. The molecule has 0 heterocycles. The second-order valence-corrected chi connectivity index (χ2v) is 5.64. The van der Waals surface area contributed by atoms with E-state index in [0.717, 1.165) is 0 Å². The predicted molar refractivity (Wildman–Crippen MR) is 69.6 cm³/mol. The van der Waals surface area contributed by atoms with Gasteiger partial charge in [-0.1, -0.05) is 12.1 Å². The van der Waals surface area contributed by atoms with Gasteiger partial charge in [-0.2, -0.15) is 0 Å². The minimum atomic E-state index is -3.79. The van der Waals surface area contributed by atoms with Crippen LogP contribution in [-0.2, 0) is 14.8 Å². The zero-order valence-corrected chi connectivity index (χ0v) is 11.4. The molecule has 0 unspecified atom stereocenters. The van der Waals surface area contributed by atoms with Crippen molar-refractivity contribution in [1.29, 1.82) is 0 Å². The molecule has 0 aliphatic rings.